The summed E-state index contributed by atoms with van der Waals surface area (Å²) in [6.07, 6.45) is 1.58. The molecule has 0 aliphatic carbocycles. The topological polar surface area (TPSA) is 58.6 Å². The Bertz CT molecular complexity index is 305. The van der Waals surface area contributed by atoms with Gasteiger partial charge in [0.05, 0.1) is 6.61 Å². The Kier molecular flexibility index (Phi) is 5.59. The molecule has 18 heavy (non-hydrogen) atoms. The van der Waals surface area contributed by atoms with Crippen LogP contribution in [-0.2, 0) is 14.3 Å². The minimum Gasteiger partial charge on any atom is -0.383 e. The van der Waals surface area contributed by atoms with Crippen molar-refractivity contribution in [1.82, 2.24) is 10.2 Å². The molecule has 0 aromatic rings. The molecule has 5 nitrogen and oxygen atoms in total. The van der Waals surface area contributed by atoms with Crippen LogP contribution in [0.3, 0.4) is 0 Å². The van der Waals surface area contributed by atoms with Gasteiger partial charge in [-0.3, -0.25) is 9.59 Å². The van der Waals surface area contributed by atoms with Gasteiger partial charge in [-0.25, -0.2) is 0 Å². The van der Waals surface area contributed by atoms with Crippen LogP contribution in [0.25, 0.3) is 0 Å². The zero-order valence-electron chi connectivity index (χ0n) is 11.7. The maximum absolute atomic E-state index is 12.4. The Morgan fingerprint density at radius 3 is 2.56 bits per heavy atom. The van der Waals surface area contributed by atoms with Crippen LogP contribution in [0.5, 0.6) is 0 Å². The maximum Gasteiger partial charge on any atom is 0.246 e. The fourth-order valence-electron chi connectivity index (χ4n) is 2.25. The lowest BCUT2D eigenvalue weighted by molar-refractivity contribution is -0.151. The standard InChI is InChI=1S/C13H24N2O3/c1-5-6-10-12(16)14-11(9(2)3)13(17)15(10)7-8-18-4/h9-11H,5-8H2,1-4H3,(H,14,16). The van der Waals surface area contributed by atoms with Crippen LogP contribution >= 0.6 is 0 Å². The second kappa shape index (κ2) is 6.73. The normalized spacial score (nSPS) is 24.6. The Morgan fingerprint density at radius 2 is 2.06 bits per heavy atom. The van der Waals surface area contributed by atoms with Gasteiger partial charge in [-0.2, -0.15) is 0 Å². The van der Waals surface area contributed by atoms with Crippen molar-refractivity contribution in [2.75, 3.05) is 20.3 Å². The number of hydrogen-bond acceptors (Lipinski definition) is 3. The van der Waals surface area contributed by atoms with Crippen molar-refractivity contribution >= 4 is 11.8 Å². The van der Waals surface area contributed by atoms with Crippen LogP contribution in [0.4, 0.5) is 0 Å². The fourth-order valence-corrected chi connectivity index (χ4v) is 2.25. The van der Waals surface area contributed by atoms with Crippen LogP contribution in [0, 0.1) is 5.92 Å². The molecule has 0 spiro atoms. The predicted octanol–water partition coefficient (Wildman–Crippen LogP) is 0.785. The third-order valence-electron chi connectivity index (χ3n) is 3.29. The molecule has 1 aliphatic heterocycles. The third-order valence-corrected chi connectivity index (χ3v) is 3.29. The molecule has 1 N–H and O–H groups in total. The lowest BCUT2D eigenvalue weighted by atomic mass is 9.96. The summed E-state index contributed by atoms with van der Waals surface area (Å²) in [6, 6.07) is -0.741. The van der Waals surface area contributed by atoms with Crippen molar-refractivity contribution in [1.29, 1.82) is 0 Å². The van der Waals surface area contributed by atoms with Gasteiger partial charge < -0.3 is 15.0 Å². The van der Waals surface area contributed by atoms with Gasteiger partial charge in [0.2, 0.25) is 11.8 Å². The molecule has 0 aromatic heterocycles. The number of rotatable bonds is 6. The van der Waals surface area contributed by atoms with E-state index in [4.69, 9.17) is 4.74 Å². The summed E-state index contributed by atoms with van der Waals surface area (Å²) in [7, 11) is 1.60. The summed E-state index contributed by atoms with van der Waals surface area (Å²) in [4.78, 5) is 26.1. The summed E-state index contributed by atoms with van der Waals surface area (Å²) < 4.78 is 5.02. The van der Waals surface area contributed by atoms with E-state index >= 15 is 0 Å². The first-order valence-electron chi connectivity index (χ1n) is 6.62. The highest BCUT2D eigenvalue weighted by atomic mass is 16.5. The molecular formula is C13H24N2O3. The molecule has 2 atom stereocenters. The van der Waals surface area contributed by atoms with Crippen LogP contribution < -0.4 is 5.32 Å². The Hall–Kier alpha value is -1.10. The predicted molar refractivity (Wildman–Crippen MR) is 69.1 cm³/mol. The zero-order valence-corrected chi connectivity index (χ0v) is 11.7. The van der Waals surface area contributed by atoms with E-state index in [1.165, 1.54) is 0 Å². The van der Waals surface area contributed by atoms with Crippen LogP contribution in [0.1, 0.15) is 33.6 Å². The third kappa shape index (κ3) is 3.22. The number of carbonyl (C=O) groups excluding carboxylic acids is 2. The first kappa shape index (κ1) is 15.0. The van der Waals surface area contributed by atoms with E-state index < -0.39 is 6.04 Å². The van der Waals surface area contributed by atoms with E-state index in [1.807, 2.05) is 20.8 Å². The zero-order chi connectivity index (χ0) is 13.7. The molecule has 0 saturated carbocycles. The smallest absolute Gasteiger partial charge is 0.246 e. The van der Waals surface area contributed by atoms with Crippen molar-refractivity contribution < 1.29 is 14.3 Å². The van der Waals surface area contributed by atoms with Crippen LogP contribution in [0.2, 0.25) is 0 Å². The second-order valence-electron chi connectivity index (χ2n) is 5.06. The van der Waals surface area contributed by atoms with Gasteiger partial charge in [0, 0.05) is 13.7 Å². The fraction of sp³-hybridized carbons (Fsp3) is 0.846. The first-order chi connectivity index (χ1) is 8.52. The molecule has 1 fully saturated rings. The number of carbonyl (C=O) groups is 2. The van der Waals surface area contributed by atoms with Crippen molar-refractivity contribution in [2.24, 2.45) is 5.92 Å². The van der Waals surface area contributed by atoms with E-state index in [1.54, 1.807) is 12.0 Å². The molecule has 0 bridgehead atoms. The van der Waals surface area contributed by atoms with Crippen LogP contribution in [-0.4, -0.2) is 49.1 Å². The summed E-state index contributed by atoms with van der Waals surface area (Å²) >= 11 is 0. The molecule has 5 heteroatoms. The van der Waals surface area contributed by atoms with Gasteiger partial charge in [0.1, 0.15) is 12.1 Å². The average Bonchev–Trinajstić information content (AvgIpc) is 2.32. The summed E-state index contributed by atoms with van der Waals surface area (Å²) in [6.45, 7) is 6.84. The maximum atomic E-state index is 12.4. The lowest BCUT2D eigenvalue weighted by Gasteiger charge is -2.40. The highest BCUT2D eigenvalue weighted by Crippen LogP contribution is 2.18. The van der Waals surface area contributed by atoms with Gasteiger partial charge in [-0.05, 0) is 12.3 Å². The van der Waals surface area contributed by atoms with E-state index in [0.717, 1.165) is 6.42 Å². The molecule has 1 heterocycles. The van der Waals surface area contributed by atoms with E-state index in [-0.39, 0.29) is 23.8 Å². The number of ether oxygens (including phenoxy) is 1. The largest absolute Gasteiger partial charge is 0.383 e. The van der Waals surface area contributed by atoms with Crippen molar-refractivity contribution in [3.05, 3.63) is 0 Å². The number of amides is 2. The number of nitrogens with zero attached hydrogens (tertiary/aromatic N) is 1. The van der Waals surface area contributed by atoms with Crippen molar-refractivity contribution in [3.63, 3.8) is 0 Å². The van der Waals surface area contributed by atoms with E-state index in [2.05, 4.69) is 5.32 Å². The molecule has 0 radical (unpaired) electrons. The number of methoxy groups -OCH3 is 1. The van der Waals surface area contributed by atoms with Gasteiger partial charge in [0.25, 0.3) is 0 Å². The lowest BCUT2D eigenvalue weighted by Crippen LogP contribution is -2.65. The van der Waals surface area contributed by atoms with Crippen LogP contribution in [0.15, 0.2) is 0 Å². The number of hydrogen-bond donors (Lipinski definition) is 1. The minimum absolute atomic E-state index is 0.0140. The first-order valence-corrected chi connectivity index (χ1v) is 6.62. The van der Waals surface area contributed by atoms with Gasteiger partial charge >= 0.3 is 0 Å². The highest BCUT2D eigenvalue weighted by molar-refractivity contribution is 5.97. The molecule has 1 aliphatic rings. The van der Waals surface area contributed by atoms with Crippen molar-refractivity contribution in [2.45, 2.75) is 45.7 Å². The Balaban J connectivity index is 2.85. The van der Waals surface area contributed by atoms with Crippen molar-refractivity contribution in [3.8, 4) is 0 Å². The summed E-state index contributed by atoms with van der Waals surface area (Å²) in [5.41, 5.74) is 0. The molecule has 2 unspecified atom stereocenters. The molecular weight excluding hydrogens is 232 g/mol. The Labute approximate surface area is 109 Å². The van der Waals surface area contributed by atoms with Gasteiger partial charge in [0.15, 0.2) is 0 Å². The summed E-state index contributed by atoms with van der Waals surface area (Å²) in [5, 5.41) is 2.84. The quantitative estimate of drug-likeness (QED) is 0.764. The average molecular weight is 256 g/mol. The Morgan fingerprint density at radius 1 is 1.39 bits per heavy atom. The number of piperazine rings is 1. The number of nitrogens with one attached hydrogen (secondary N) is 1. The summed E-state index contributed by atoms with van der Waals surface area (Å²) in [5.74, 6) is 0.0837. The molecule has 1 saturated heterocycles. The monoisotopic (exact) mass is 256 g/mol. The molecule has 104 valence electrons. The molecule has 0 aromatic carbocycles. The SMILES string of the molecule is CCCC1C(=O)NC(C(C)C)C(=O)N1CCOC. The van der Waals surface area contributed by atoms with E-state index in [0.29, 0.717) is 19.6 Å². The van der Waals surface area contributed by atoms with Gasteiger partial charge in [-0.15, -0.1) is 0 Å². The van der Waals surface area contributed by atoms with E-state index in [9.17, 15) is 9.59 Å². The van der Waals surface area contributed by atoms with Gasteiger partial charge in [-0.1, -0.05) is 27.2 Å². The molecule has 1 rings (SSSR count). The highest BCUT2D eigenvalue weighted by Gasteiger charge is 2.40. The molecule has 2 amide bonds. The second-order valence-corrected chi connectivity index (χ2v) is 5.06. The minimum atomic E-state index is -0.400.